The monoisotopic (exact) mass is 279 g/mol. The third-order valence-electron chi connectivity index (χ3n) is 3.28. The highest BCUT2D eigenvalue weighted by atomic mass is 16.4. The van der Waals surface area contributed by atoms with E-state index in [9.17, 15) is 4.79 Å². The molecular formula is C16H13N3O2. The quantitative estimate of drug-likeness (QED) is 0.800. The summed E-state index contributed by atoms with van der Waals surface area (Å²) in [6.45, 7) is 2.01. The summed E-state index contributed by atoms with van der Waals surface area (Å²) in [5.41, 5.74) is 3.87. The standard InChI is InChI=1S/C16H13N3O2/c1-11-4-2-3-5-15(11)19-10-14(17-18-19)12-6-8-13(9-7-12)16(20)21/h2-10H,1H3,(H,20,21). The Morgan fingerprint density at radius 2 is 1.81 bits per heavy atom. The second kappa shape index (κ2) is 5.20. The zero-order chi connectivity index (χ0) is 14.8. The number of aromatic nitrogens is 3. The molecular weight excluding hydrogens is 266 g/mol. The van der Waals surface area contributed by atoms with Gasteiger partial charge in [-0.25, -0.2) is 9.48 Å². The van der Waals surface area contributed by atoms with Crippen molar-refractivity contribution in [1.29, 1.82) is 0 Å². The maximum Gasteiger partial charge on any atom is 0.335 e. The SMILES string of the molecule is Cc1ccccc1-n1cc(-c2ccc(C(=O)O)cc2)nn1. The van der Waals surface area contributed by atoms with E-state index in [4.69, 9.17) is 5.11 Å². The van der Waals surface area contributed by atoms with Crippen LogP contribution in [-0.4, -0.2) is 26.1 Å². The summed E-state index contributed by atoms with van der Waals surface area (Å²) in [5.74, 6) is -0.940. The van der Waals surface area contributed by atoms with Crippen molar-refractivity contribution in [3.05, 3.63) is 65.9 Å². The number of aromatic carboxylic acids is 1. The van der Waals surface area contributed by atoms with Gasteiger partial charge in [-0.2, -0.15) is 0 Å². The highest BCUT2D eigenvalue weighted by Crippen LogP contribution is 2.19. The van der Waals surface area contributed by atoms with Gasteiger partial charge in [-0.15, -0.1) is 5.10 Å². The molecule has 1 N–H and O–H groups in total. The molecule has 0 unspecified atom stereocenters. The van der Waals surface area contributed by atoms with Crippen LogP contribution in [0.25, 0.3) is 16.9 Å². The minimum atomic E-state index is -0.940. The lowest BCUT2D eigenvalue weighted by Crippen LogP contribution is -1.97. The summed E-state index contributed by atoms with van der Waals surface area (Å²) in [5, 5.41) is 17.2. The Labute approximate surface area is 121 Å². The lowest BCUT2D eigenvalue weighted by Gasteiger charge is -2.03. The number of rotatable bonds is 3. The molecule has 0 saturated heterocycles. The van der Waals surface area contributed by atoms with E-state index in [1.54, 1.807) is 28.9 Å². The van der Waals surface area contributed by atoms with Gasteiger partial charge in [-0.1, -0.05) is 35.5 Å². The van der Waals surface area contributed by atoms with Crippen LogP contribution >= 0.6 is 0 Å². The molecule has 0 fully saturated rings. The van der Waals surface area contributed by atoms with Gasteiger partial charge in [0.15, 0.2) is 0 Å². The summed E-state index contributed by atoms with van der Waals surface area (Å²) in [4.78, 5) is 10.8. The van der Waals surface area contributed by atoms with Crippen LogP contribution in [0.2, 0.25) is 0 Å². The predicted octanol–water partition coefficient (Wildman–Crippen LogP) is 2.94. The van der Waals surface area contributed by atoms with Gasteiger partial charge >= 0.3 is 5.97 Å². The van der Waals surface area contributed by atoms with Crippen molar-refractivity contribution in [3.8, 4) is 16.9 Å². The van der Waals surface area contributed by atoms with E-state index < -0.39 is 5.97 Å². The average molecular weight is 279 g/mol. The molecule has 0 aliphatic heterocycles. The highest BCUT2D eigenvalue weighted by molar-refractivity contribution is 5.88. The van der Waals surface area contributed by atoms with Crippen LogP contribution in [0.1, 0.15) is 15.9 Å². The first-order valence-corrected chi connectivity index (χ1v) is 6.47. The zero-order valence-corrected chi connectivity index (χ0v) is 11.4. The lowest BCUT2D eigenvalue weighted by molar-refractivity contribution is 0.0697. The molecule has 104 valence electrons. The largest absolute Gasteiger partial charge is 0.478 e. The molecule has 1 heterocycles. The second-order valence-electron chi connectivity index (χ2n) is 4.72. The van der Waals surface area contributed by atoms with Crippen molar-refractivity contribution in [1.82, 2.24) is 15.0 Å². The molecule has 1 aromatic heterocycles. The summed E-state index contributed by atoms with van der Waals surface area (Å²) >= 11 is 0. The normalized spacial score (nSPS) is 10.5. The first-order chi connectivity index (χ1) is 10.1. The average Bonchev–Trinajstić information content (AvgIpc) is 2.97. The molecule has 0 spiro atoms. The van der Waals surface area contributed by atoms with E-state index in [-0.39, 0.29) is 5.56 Å². The molecule has 2 aromatic carbocycles. The molecule has 0 atom stereocenters. The van der Waals surface area contributed by atoms with Gasteiger partial charge in [0.1, 0.15) is 5.69 Å². The van der Waals surface area contributed by atoms with Crippen LogP contribution in [0.15, 0.2) is 54.7 Å². The van der Waals surface area contributed by atoms with E-state index in [0.717, 1.165) is 16.8 Å². The number of benzene rings is 2. The van der Waals surface area contributed by atoms with Crippen LogP contribution in [0, 0.1) is 6.92 Å². The van der Waals surface area contributed by atoms with Crippen molar-refractivity contribution in [2.75, 3.05) is 0 Å². The smallest absolute Gasteiger partial charge is 0.335 e. The topological polar surface area (TPSA) is 68.0 Å². The second-order valence-corrected chi connectivity index (χ2v) is 4.72. The Bertz CT molecular complexity index is 791. The third-order valence-corrected chi connectivity index (χ3v) is 3.28. The molecule has 21 heavy (non-hydrogen) atoms. The van der Waals surface area contributed by atoms with E-state index in [2.05, 4.69) is 10.3 Å². The molecule has 3 rings (SSSR count). The Balaban J connectivity index is 1.95. The minimum absolute atomic E-state index is 0.255. The van der Waals surface area contributed by atoms with Crippen LogP contribution in [0.3, 0.4) is 0 Å². The Hall–Kier alpha value is -2.95. The number of carbonyl (C=O) groups is 1. The first-order valence-electron chi connectivity index (χ1n) is 6.47. The lowest BCUT2D eigenvalue weighted by atomic mass is 10.1. The van der Waals surface area contributed by atoms with Crippen molar-refractivity contribution >= 4 is 5.97 Å². The van der Waals surface area contributed by atoms with Gasteiger partial charge < -0.3 is 5.11 Å². The molecule has 3 aromatic rings. The first kappa shape index (κ1) is 13.1. The van der Waals surface area contributed by atoms with Gasteiger partial charge in [0.05, 0.1) is 17.4 Å². The highest BCUT2D eigenvalue weighted by Gasteiger charge is 2.08. The van der Waals surface area contributed by atoms with Crippen LogP contribution in [0.5, 0.6) is 0 Å². The molecule has 0 bridgehead atoms. The van der Waals surface area contributed by atoms with Gasteiger partial charge in [-0.3, -0.25) is 0 Å². The number of carboxylic acids is 1. The summed E-state index contributed by atoms with van der Waals surface area (Å²) in [6.07, 6.45) is 1.83. The van der Waals surface area contributed by atoms with Crippen LogP contribution < -0.4 is 0 Å². The number of carboxylic acid groups (broad SMARTS) is 1. The molecule has 0 radical (unpaired) electrons. The summed E-state index contributed by atoms with van der Waals surface area (Å²) < 4.78 is 1.72. The maximum atomic E-state index is 10.8. The number of hydrogen-bond acceptors (Lipinski definition) is 3. The summed E-state index contributed by atoms with van der Waals surface area (Å²) in [6, 6.07) is 14.5. The van der Waals surface area contributed by atoms with Gasteiger partial charge in [0.2, 0.25) is 0 Å². The molecule has 0 amide bonds. The fourth-order valence-corrected chi connectivity index (χ4v) is 2.12. The number of aryl methyl sites for hydroxylation is 1. The molecule has 5 nitrogen and oxygen atoms in total. The van der Waals surface area contributed by atoms with Crippen molar-refractivity contribution in [2.24, 2.45) is 0 Å². The zero-order valence-electron chi connectivity index (χ0n) is 11.4. The molecule has 0 saturated carbocycles. The fourth-order valence-electron chi connectivity index (χ4n) is 2.12. The Morgan fingerprint density at radius 3 is 2.48 bits per heavy atom. The minimum Gasteiger partial charge on any atom is -0.478 e. The van der Waals surface area contributed by atoms with E-state index in [1.807, 2.05) is 37.4 Å². The van der Waals surface area contributed by atoms with Gasteiger partial charge in [-0.05, 0) is 30.7 Å². The van der Waals surface area contributed by atoms with Crippen molar-refractivity contribution < 1.29 is 9.90 Å². The third kappa shape index (κ3) is 2.53. The Morgan fingerprint density at radius 1 is 1.10 bits per heavy atom. The number of nitrogens with zero attached hydrogens (tertiary/aromatic N) is 3. The maximum absolute atomic E-state index is 10.8. The number of hydrogen-bond donors (Lipinski definition) is 1. The van der Waals surface area contributed by atoms with Crippen LogP contribution in [0.4, 0.5) is 0 Å². The molecule has 5 heteroatoms. The van der Waals surface area contributed by atoms with Gasteiger partial charge in [0, 0.05) is 5.56 Å². The van der Waals surface area contributed by atoms with Crippen molar-refractivity contribution in [3.63, 3.8) is 0 Å². The number of para-hydroxylation sites is 1. The Kier molecular flexibility index (Phi) is 3.23. The molecule has 0 aliphatic rings. The predicted molar refractivity (Wildman–Crippen MR) is 78.5 cm³/mol. The van der Waals surface area contributed by atoms with Gasteiger partial charge in [0.25, 0.3) is 0 Å². The molecule has 0 aliphatic carbocycles. The van der Waals surface area contributed by atoms with E-state index in [1.165, 1.54) is 0 Å². The fraction of sp³-hybridized carbons (Fsp3) is 0.0625. The van der Waals surface area contributed by atoms with E-state index in [0.29, 0.717) is 5.69 Å². The summed E-state index contributed by atoms with van der Waals surface area (Å²) in [7, 11) is 0. The van der Waals surface area contributed by atoms with Crippen LogP contribution in [-0.2, 0) is 0 Å². The van der Waals surface area contributed by atoms with E-state index >= 15 is 0 Å². The van der Waals surface area contributed by atoms with Crippen molar-refractivity contribution in [2.45, 2.75) is 6.92 Å².